The van der Waals surface area contributed by atoms with E-state index >= 15 is 0 Å². The van der Waals surface area contributed by atoms with E-state index < -0.39 is 0 Å². The normalized spacial score (nSPS) is 10.8. The fraction of sp³-hybridized carbons (Fsp3) is 0.952. The van der Waals surface area contributed by atoms with E-state index in [4.69, 9.17) is 4.74 Å². The summed E-state index contributed by atoms with van der Waals surface area (Å²) in [4.78, 5) is 21.4. The van der Waals surface area contributed by atoms with Crippen molar-refractivity contribution in [3.05, 3.63) is 10.1 Å². The van der Waals surface area contributed by atoms with Gasteiger partial charge >= 0.3 is 5.97 Å². The second kappa shape index (κ2) is 20.2. The number of carbonyl (C=O) groups excluding carboxylic acids is 1. The number of nitro groups is 1. The van der Waals surface area contributed by atoms with Gasteiger partial charge in [0.15, 0.2) is 0 Å². The summed E-state index contributed by atoms with van der Waals surface area (Å²) in [6.45, 7) is 2.77. The molecule has 0 saturated carbocycles. The Kier molecular flexibility index (Phi) is 19.3. The lowest BCUT2D eigenvalue weighted by atomic mass is 10.0. The van der Waals surface area contributed by atoms with Crippen molar-refractivity contribution in [2.45, 2.75) is 116 Å². The van der Waals surface area contributed by atoms with Crippen LogP contribution in [-0.2, 0) is 9.53 Å². The van der Waals surface area contributed by atoms with Gasteiger partial charge in [-0.3, -0.25) is 14.9 Å². The van der Waals surface area contributed by atoms with Crippen LogP contribution >= 0.6 is 0 Å². The molecule has 0 aliphatic heterocycles. The molecule has 0 aliphatic rings. The summed E-state index contributed by atoms with van der Waals surface area (Å²) in [7, 11) is 0. The van der Waals surface area contributed by atoms with Crippen molar-refractivity contribution < 1.29 is 14.5 Å². The first-order valence-corrected chi connectivity index (χ1v) is 10.9. The predicted molar refractivity (Wildman–Crippen MR) is 107 cm³/mol. The molecule has 0 aromatic rings. The molecular formula is C21H41NO4. The lowest BCUT2D eigenvalue weighted by Crippen LogP contribution is -2.06. The topological polar surface area (TPSA) is 69.4 Å². The largest absolute Gasteiger partial charge is 0.466 e. The van der Waals surface area contributed by atoms with Gasteiger partial charge in [-0.25, -0.2) is 0 Å². The monoisotopic (exact) mass is 371 g/mol. The number of ether oxygens (including phenoxy) is 1. The lowest BCUT2D eigenvalue weighted by molar-refractivity contribution is -0.480. The van der Waals surface area contributed by atoms with Crippen molar-refractivity contribution in [1.82, 2.24) is 0 Å². The van der Waals surface area contributed by atoms with Gasteiger partial charge in [-0.15, -0.1) is 0 Å². The Morgan fingerprint density at radius 2 is 1.19 bits per heavy atom. The molecule has 0 fully saturated rings. The molecule has 0 heterocycles. The van der Waals surface area contributed by atoms with Crippen molar-refractivity contribution in [3.8, 4) is 0 Å². The molecule has 26 heavy (non-hydrogen) atoms. The molecule has 0 bridgehead atoms. The van der Waals surface area contributed by atoms with Crippen molar-refractivity contribution >= 4 is 5.97 Å². The average Bonchev–Trinajstić information content (AvgIpc) is 2.61. The van der Waals surface area contributed by atoms with Crippen LogP contribution in [0.4, 0.5) is 0 Å². The second-order valence-corrected chi connectivity index (χ2v) is 7.33. The number of rotatable bonds is 20. The van der Waals surface area contributed by atoms with Crippen molar-refractivity contribution in [2.75, 3.05) is 13.2 Å². The molecule has 0 aliphatic carbocycles. The zero-order valence-corrected chi connectivity index (χ0v) is 17.0. The standard InChI is InChI=1S/C21H41NO4/c1-2-3-4-5-6-7-8-9-10-11-12-13-17-20-26-21(23)18-15-14-16-19-22(24)25/h2-20H2,1H3. The number of hydrogen-bond acceptors (Lipinski definition) is 4. The van der Waals surface area contributed by atoms with Gasteiger partial charge in [0, 0.05) is 17.8 Å². The highest BCUT2D eigenvalue weighted by Crippen LogP contribution is 2.12. The third-order valence-corrected chi connectivity index (χ3v) is 4.73. The van der Waals surface area contributed by atoms with Crippen LogP contribution in [-0.4, -0.2) is 24.0 Å². The van der Waals surface area contributed by atoms with Gasteiger partial charge in [0.2, 0.25) is 6.54 Å². The molecule has 0 atom stereocenters. The maximum Gasteiger partial charge on any atom is 0.305 e. The van der Waals surface area contributed by atoms with Crippen molar-refractivity contribution in [1.29, 1.82) is 0 Å². The van der Waals surface area contributed by atoms with Crippen LogP contribution in [0, 0.1) is 10.1 Å². The third-order valence-electron chi connectivity index (χ3n) is 4.73. The van der Waals surface area contributed by atoms with Gasteiger partial charge in [-0.2, -0.15) is 0 Å². The minimum Gasteiger partial charge on any atom is -0.466 e. The highest BCUT2D eigenvalue weighted by molar-refractivity contribution is 5.69. The van der Waals surface area contributed by atoms with Crippen LogP contribution in [0.3, 0.4) is 0 Å². The van der Waals surface area contributed by atoms with Crippen LogP contribution in [0.15, 0.2) is 0 Å². The van der Waals surface area contributed by atoms with Gasteiger partial charge in [0.05, 0.1) is 6.61 Å². The quantitative estimate of drug-likeness (QED) is 0.107. The molecule has 0 saturated heterocycles. The summed E-state index contributed by atoms with van der Waals surface area (Å²) < 4.78 is 5.20. The summed E-state index contributed by atoms with van der Waals surface area (Å²) in [6, 6.07) is 0. The fourth-order valence-electron chi connectivity index (χ4n) is 3.07. The molecular weight excluding hydrogens is 330 g/mol. The number of nitrogens with zero attached hydrogens (tertiary/aromatic N) is 1. The van der Waals surface area contributed by atoms with Crippen LogP contribution in [0.5, 0.6) is 0 Å². The average molecular weight is 372 g/mol. The lowest BCUT2D eigenvalue weighted by Gasteiger charge is -2.05. The van der Waals surface area contributed by atoms with E-state index in [1.807, 2.05) is 0 Å². The molecule has 5 heteroatoms. The third kappa shape index (κ3) is 20.9. The van der Waals surface area contributed by atoms with Gasteiger partial charge < -0.3 is 4.74 Å². The van der Waals surface area contributed by atoms with Crippen LogP contribution in [0.1, 0.15) is 116 Å². The first-order chi connectivity index (χ1) is 12.7. The molecule has 0 aromatic carbocycles. The van der Waals surface area contributed by atoms with E-state index in [0.717, 1.165) is 19.3 Å². The van der Waals surface area contributed by atoms with Gasteiger partial charge in [0.1, 0.15) is 0 Å². The Morgan fingerprint density at radius 1 is 0.731 bits per heavy atom. The zero-order chi connectivity index (χ0) is 19.3. The second-order valence-electron chi connectivity index (χ2n) is 7.33. The van der Waals surface area contributed by atoms with Gasteiger partial charge in [0.25, 0.3) is 0 Å². The fourth-order valence-corrected chi connectivity index (χ4v) is 3.07. The first kappa shape index (κ1) is 24.9. The van der Waals surface area contributed by atoms with Crippen LogP contribution < -0.4 is 0 Å². The Morgan fingerprint density at radius 3 is 1.69 bits per heavy atom. The molecule has 154 valence electrons. The molecule has 0 radical (unpaired) electrons. The van der Waals surface area contributed by atoms with E-state index in [2.05, 4.69) is 6.92 Å². The van der Waals surface area contributed by atoms with Crippen molar-refractivity contribution in [2.24, 2.45) is 0 Å². The summed E-state index contributed by atoms with van der Waals surface area (Å²) in [5.41, 5.74) is 0. The number of carbonyl (C=O) groups is 1. The van der Waals surface area contributed by atoms with E-state index in [9.17, 15) is 14.9 Å². The number of esters is 1. The van der Waals surface area contributed by atoms with Gasteiger partial charge in [-0.05, 0) is 19.3 Å². The highest BCUT2D eigenvalue weighted by Gasteiger charge is 2.03. The van der Waals surface area contributed by atoms with E-state index in [1.54, 1.807) is 0 Å². The zero-order valence-electron chi connectivity index (χ0n) is 17.0. The van der Waals surface area contributed by atoms with Crippen molar-refractivity contribution in [3.63, 3.8) is 0 Å². The van der Waals surface area contributed by atoms with E-state index in [-0.39, 0.29) is 17.4 Å². The minimum atomic E-state index is -0.313. The Bertz CT molecular complexity index is 334. The number of unbranched alkanes of at least 4 members (excludes halogenated alkanes) is 14. The first-order valence-electron chi connectivity index (χ1n) is 10.9. The minimum absolute atomic E-state index is 0.00595. The van der Waals surface area contributed by atoms with Gasteiger partial charge in [-0.1, -0.05) is 84.0 Å². The Labute approximate surface area is 160 Å². The van der Waals surface area contributed by atoms with E-state index in [0.29, 0.717) is 25.9 Å². The SMILES string of the molecule is CCCCCCCCCCCCCCCOC(=O)CCCCC[N+](=O)[O-]. The van der Waals surface area contributed by atoms with Crippen LogP contribution in [0.25, 0.3) is 0 Å². The summed E-state index contributed by atoms with van der Waals surface area (Å²) in [5.74, 6) is -0.162. The van der Waals surface area contributed by atoms with Crippen LogP contribution in [0.2, 0.25) is 0 Å². The summed E-state index contributed by atoms with van der Waals surface area (Å²) >= 11 is 0. The highest BCUT2D eigenvalue weighted by atomic mass is 16.6. The Hall–Kier alpha value is -1.13. The number of hydrogen-bond donors (Lipinski definition) is 0. The molecule has 0 amide bonds. The summed E-state index contributed by atoms with van der Waals surface area (Å²) in [6.07, 6.45) is 19.3. The van der Waals surface area contributed by atoms with E-state index in [1.165, 1.54) is 70.6 Å². The predicted octanol–water partition coefficient (Wildman–Crippen LogP) is 6.46. The smallest absolute Gasteiger partial charge is 0.305 e. The molecule has 0 unspecified atom stereocenters. The maximum atomic E-state index is 11.5. The molecule has 0 aromatic heterocycles. The maximum absolute atomic E-state index is 11.5. The molecule has 0 N–H and O–H groups in total. The Balaban J connectivity index is 3.14. The summed E-state index contributed by atoms with van der Waals surface area (Å²) in [5, 5.41) is 10.2. The molecule has 5 nitrogen and oxygen atoms in total. The molecule has 0 rings (SSSR count). The molecule has 0 spiro atoms.